The van der Waals surface area contributed by atoms with Crippen LogP contribution in [-0.4, -0.2) is 96.9 Å². The summed E-state index contributed by atoms with van der Waals surface area (Å²) in [5.41, 5.74) is 1.51. The van der Waals surface area contributed by atoms with Gasteiger partial charge in [0.2, 0.25) is 5.95 Å². The first-order valence-corrected chi connectivity index (χ1v) is 27.2. The Bertz CT molecular complexity index is 2400. The lowest BCUT2D eigenvalue weighted by atomic mass is 9.80. The van der Waals surface area contributed by atoms with Crippen LogP contribution in [0.15, 0.2) is 90.0 Å². The van der Waals surface area contributed by atoms with E-state index < -0.39 is 47.0 Å². The number of fused-ring (bicyclic) bond motifs is 1. The second-order valence-electron chi connectivity index (χ2n) is 19.4. The Morgan fingerprint density at radius 3 is 2.00 bits per heavy atom. The number of rotatable bonds is 22. The van der Waals surface area contributed by atoms with E-state index in [0.29, 0.717) is 35.6 Å². The van der Waals surface area contributed by atoms with Gasteiger partial charge in [-0.2, -0.15) is 10.2 Å². The summed E-state index contributed by atoms with van der Waals surface area (Å²) in [4.78, 5) is 26.0. The number of imidazole rings is 1. The van der Waals surface area contributed by atoms with Crippen molar-refractivity contribution in [3.05, 3.63) is 112 Å². The number of benzene rings is 3. The highest BCUT2D eigenvalue weighted by atomic mass is 31.2. The number of aromatic amines is 1. The van der Waals surface area contributed by atoms with E-state index in [-0.39, 0.29) is 47.8 Å². The van der Waals surface area contributed by atoms with Crippen molar-refractivity contribution in [3.63, 3.8) is 0 Å². The van der Waals surface area contributed by atoms with Gasteiger partial charge in [0.15, 0.2) is 25.7 Å². The molecule has 0 spiro atoms. The number of methoxy groups -OCH3 is 2. The van der Waals surface area contributed by atoms with Crippen molar-refractivity contribution in [1.29, 1.82) is 5.26 Å². The van der Waals surface area contributed by atoms with Crippen LogP contribution in [0.1, 0.15) is 91.7 Å². The summed E-state index contributed by atoms with van der Waals surface area (Å²) in [5.74, 6) is 2.03. The van der Waals surface area contributed by atoms with Gasteiger partial charge in [-0.3, -0.25) is 14.3 Å². The standard InChI is InChI=1S/C50H70N7O8PSi/c1-33(2)30-52-48-54-45-42(46(58)55-48)53-32-56(45)47-44(65-67(12,13)49(7,8)9)43(64-66(62-29-17-28-51)57(34(3)4)35(5)6)41(63-47)31-61-50(36-18-15-14-16-19-36,37-20-24-39(59-10)25-21-37)38-22-26-40(60-11)27-23-38/h14-16,18-27,32-35,41,43-44,47H,17,29-31H2,1-13H3,(H2,52,54,55,58)/t41-,43-,44-,47-,66?/m1/s1. The molecule has 5 atom stereocenters. The van der Waals surface area contributed by atoms with Crippen LogP contribution >= 0.6 is 8.53 Å². The summed E-state index contributed by atoms with van der Waals surface area (Å²) in [6, 6.07) is 28.1. The lowest BCUT2D eigenvalue weighted by Gasteiger charge is -2.42. The molecule has 0 amide bonds. The maximum absolute atomic E-state index is 13.6. The predicted molar refractivity (Wildman–Crippen MR) is 266 cm³/mol. The van der Waals surface area contributed by atoms with Gasteiger partial charge in [0.1, 0.15) is 35.4 Å². The molecular formula is C50H70N7O8PSi. The quantitative estimate of drug-likeness (QED) is 0.0291. The first-order chi connectivity index (χ1) is 31.8. The largest absolute Gasteiger partial charge is 0.497 e. The van der Waals surface area contributed by atoms with Crippen molar-refractivity contribution in [2.45, 2.75) is 129 Å². The van der Waals surface area contributed by atoms with E-state index in [1.807, 2.05) is 66.7 Å². The molecule has 362 valence electrons. The molecule has 1 saturated heterocycles. The number of hydrogen-bond acceptors (Lipinski definition) is 13. The summed E-state index contributed by atoms with van der Waals surface area (Å²) in [6.07, 6.45) is -1.51. The number of hydrogen-bond donors (Lipinski definition) is 2. The van der Waals surface area contributed by atoms with Gasteiger partial charge in [-0.05, 0) is 92.7 Å². The Morgan fingerprint density at radius 2 is 1.48 bits per heavy atom. The molecule has 0 aliphatic carbocycles. The Morgan fingerprint density at radius 1 is 0.896 bits per heavy atom. The normalized spacial score (nSPS) is 18.6. The summed E-state index contributed by atoms with van der Waals surface area (Å²) < 4.78 is 51.6. The molecule has 5 aromatic rings. The highest BCUT2D eigenvalue weighted by Gasteiger charge is 2.54. The second-order valence-corrected chi connectivity index (χ2v) is 25.5. The topological polar surface area (TPSA) is 167 Å². The fraction of sp³-hybridized carbons (Fsp3) is 0.520. The van der Waals surface area contributed by atoms with Gasteiger partial charge < -0.3 is 37.7 Å². The van der Waals surface area contributed by atoms with Crippen LogP contribution in [0.4, 0.5) is 5.95 Å². The van der Waals surface area contributed by atoms with Gasteiger partial charge >= 0.3 is 0 Å². The minimum Gasteiger partial charge on any atom is -0.497 e. The number of nitrogens with one attached hydrogen (secondary N) is 2. The van der Waals surface area contributed by atoms with Crippen LogP contribution in [0.3, 0.4) is 0 Å². The van der Waals surface area contributed by atoms with Crippen LogP contribution in [-0.2, 0) is 28.5 Å². The maximum Gasteiger partial charge on any atom is 0.280 e. The van der Waals surface area contributed by atoms with Crippen molar-refractivity contribution >= 4 is 34.0 Å². The fourth-order valence-corrected chi connectivity index (χ4v) is 11.1. The zero-order chi connectivity index (χ0) is 48.7. The molecule has 67 heavy (non-hydrogen) atoms. The number of ether oxygens (including phenoxy) is 4. The summed E-state index contributed by atoms with van der Waals surface area (Å²) in [5, 5.41) is 12.7. The molecule has 0 radical (unpaired) electrons. The number of nitrogens with zero attached hydrogens (tertiary/aromatic N) is 5. The van der Waals surface area contributed by atoms with Gasteiger partial charge in [0, 0.05) is 18.6 Å². The number of aromatic nitrogens is 4. The zero-order valence-electron chi connectivity index (χ0n) is 41.4. The van der Waals surface area contributed by atoms with Crippen LogP contribution < -0.4 is 20.3 Å². The molecular weight excluding hydrogens is 886 g/mol. The van der Waals surface area contributed by atoms with Crippen LogP contribution in [0.5, 0.6) is 11.5 Å². The molecule has 1 aliphatic heterocycles. The van der Waals surface area contributed by atoms with Crippen molar-refractivity contribution in [2.24, 2.45) is 5.92 Å². The second kappa shape index (κ2) is 22.2. The molecule has 1 unspecified atom stereocenters. The predicted octanol–water partition coefficient (Wildman–Crippen LogP) is 10.2. The molecule has 1 aliphatic rings. The average Bonchev–Trinajstić information content (AvgIpc) is 3.86. The Hall–Kier alpha value is -4.69. The number of nitriles is 1. The van der Waals surface area contributed by atoms with Crippen LogP contribution in [0, 0.1) is 17.2 Å². The first kappa shape index (κ1) is 51.7. The highest BCUT2D eigenvalue weighted by molar-refractivity contribution is 7.44. The van der Waals surface area contributed by atoms with Crippen molar-refractivity contribution in [2.75, 3.05) is 39.3 Å². The van der Waals surface area contributed by atoms with E-state index >= 15 is 0 Å². The van der Waals surface area contributed by atoms with E-state index in [1.54, 1.807) is 25.1 Å². The molecule has 2 N–H and O–H groups in total. The minimum absolute atomic E-state index is 0.00194. The molecule has 2 aromatic heterocycles. The molecule has 3 heterocycles. The molecule has 0 bridgehead atoms. The lowest BCUT2D eigenvalue weighted by molar-refractivity contribution is -0.0926. The van der Waals surface area contributed by atoms with Gasteiger partial charge in [0.25, 0.3) is 14.1 Å². The van der Waals surface area contributed by atoms with E-state index in [9.17, 15) is 10.1 Å². The fourth-order valence-electron chi connectivity index (χ4n) is 8.01. The van der Waals surface area contributed by atoms with Crippen molar-refractivity contribution in [1.82, 2.24) is 24.2 Å². The smallest absolute Gasteiger partial charge is 0.280 e. The summed E-state index contributed by atoms with van der Waals surface area (Å²) >= 11 is 0. The molecule has 17 heteroatoms. The van der Waals surface area contributed by atoms with Gasteiger partial charge in [-0.25, -0.2) is 9.65 Å². The molecule has 0 saturated carbocycles. The number of H-pyrrole nitrogens is 1. The summed E-state index contributed by atoms with van der Waals surface area (Å²) in [6.45, 7) is 24.3. The maximum atomic E-state index is 13.6. The minimum atomic E-state index is -2.65. The van der Waals surface area contributed by atoms with Crippen molar-refractivity contribution < 1.29 is 32.4 Å². The van der Waals surface area contributed by atoms with E-state index in [1.165, 1.54) is 0 Å². The third kappa shape index (κ3) is 11.6. The van der Waals surface area contributed by atoms with Gasteiger partial charge in [0.05, 0.1) is 46.3 Å². The van der Waals surface area contributed by atoms with E-state index in [2.05, 4.69) is 114 Å². The molecule has 15 nitrogen and oxygen atoms in total. The first-order valence-electron chi connectivity index (χ1n) is 23.1. The zero-order valence-corrected chi connectivity index (χ0v) is 43.3. The van der Waals surface area contributed by atoms with E-state index in [0.717, 1.165) is 16.7 Å². The van der Waals surface area contributed by atoms with E-state index in [4.69, 9.17) is 37.4 Å². The Kier molecular flexibility index (Phi) is 17.1. The Labute approximate surface area is 398 Å². The summed E-state index contributed by atoms with van der Waals surface area (Å²) in [7, 11) is -1.17. The third-order valence-corrected chi connectivity index (χ3v) is 19.0. The third-order valence-electron chi connectivity index (χ3n) is 12.4. The van der Waals surface area contributed by atoms with Gasteiger partial charge in [-0.15, -0.1) is 0 Å². The Balaban J connectivity index is 1.58. The van der Waals surface area contributed by atoms with Crippen LogP contribution in [0.2, 0.25) is 18.1 Å². The molecule has 6 rings (SSSR count). The van der Waals surface area contributed by atoms with Gasteiger partial charge in [-0.1, -0.05) is 89.2 Å². The van der Waals surface area contributed by atoms with Crippen LogP contribution in [0.25, 0.3) is 11.2 Å². The monoisotopic (exact) mass is 955 g/mol. The molecule has 3 aromatic carbocycles. The SMILES string of the molecule is COc1ccc(C(OC[C@H]2O[C@@H](n3cnc4c(=O)[nH]c(NCC(C)C)nc43)[C@H](O[Si](C)(C)C(C)(C)C)[C@@H]2OP(OCCC#N)N(C(C)C)C(C)C)(c2ccccc2)c2ccc(OC)cc2)cc1. The lowest BCUT2D eigenvalue weighted by Crippen LogP contribution is -2.50. The highest BCUT2D eigenvalue weighted by Crippen LogP contribution is 2.53. The average molecular weight is 956 g/mol. The number of anilines is 1. The molecule has 1 fully saturated rings. The van der Waals surface area contributed by atoms with Crippen molar-refractivity contribution in [3.8, 4) is 17.6 Å².